The summed E-state index contributed by atoms with van der Waals surface area (Å²) < 4.78 is 0. The van der Waals surface area contributed by atoms with Crippen LogP contribution in [0.25, 0.3) is 11.1 Å². The minimum atomic E-state index is -0.928. The number of aryl methyl sites for hydroxylation is 1. The maximum absolute atomic E-state index is 11.5. The van der Waals surface area contributed by atoms with Gasteiger partial charge in [0, 0.05) is 11.9 Å². The van der Waals surface area contributed by atoms with Gasteiger partial charge in [-0.15, -0.1) is 0 Å². The first-order chi connectivity index (χ1) is 13.6. The van der Waals surface area contributed by atoms with Crippen LogP contribution < -0.4 is 0 Å². The molecule has 0 saturated carbocycles. The van der Waals surface area contributed by atoms with E-state index in [1.807, 2.05) is 42.5 Å². The van der Waals surface area contributed by atoms with Gasteiger partial charge in [-0.25, -0.2) is 4.79 Å². The van der Waals surface area contributed by atoms with Crippen LogP contribution >= 0.6 is 0 Å². The normalized spacial score (nSPS) is 10.8. The zero-order valence-electron chi connectivity index (χ0n) is 16.1. The van der Waals surface area contributed by atoms with Crippen molar-refractivity contribution in [1.82, 2.24) is 4.98 Å². The topological polar surface area (TPSA) is 70.4 Å². The van der Waals surface area contributed by atoms with Crippen LogP contribution in [0.1, 0.15) is 52.5 Å². The molecule has 0 aliphatic heterocycles. The summed E-state index contributed by atoms with van der Waals surface area (Å²) in [6.45, 7) is 2.16. The lowest BCUT2D eigenvalue weighted by Crippen LogP contribution is -2.04. The van der Waals surface area contributed by atoms with Crippen molar-refractivity contribution in [3.63, 3.8) is 0 Å². The van der Waals surface area contributed by atoms with Crippen LogP contribution in [0.5, 0.6) is 0 Å². The van der Waals surface area contributed by atoms with E-state index in [0.717, 1.165) is 47.2 Å². The molecule has 1 heterocycles. The molecule has 1 aromatic heterocycles. The van der Waals surface area contributed by atoms with E-state index in [0.29, 0.717) is 17.5 Å². The molecule has 4 nitrogen and oxygen atoms in total. The number of hydrogen-bond donors (Lipinski definition) is 2. The number of unbranched alkanes of at least 4 members (excludes halogenated alkanes) is 1. The van der Waals surface area contributed by atoms with Crippen LogP contribution in [-0.4, -0.2) is 21.2 Å². The van der Waals surface area contributed by atoms with Crippen molar-refractivity contribution in [2.24, 2.45) is 0 Å². The van der Waals surface area contributed by atoms with Crippen molar-refractivity contribution >= 4 is 5.97 Å². The van der Waals surface area contributed by atoms with Crippen molar-refractivity contribution in [3.05, 3.63) is 88.7 Å². The zero-order valence-corrected chi connectivity index (χ0v) is 16.1. The molecule has 0 unspecified atom stereocenters. The van der Waals surface area contributed by atoms with Crippen molar-refractivity contribution in [2.45, 2.75) is 39.2 Å². The number of aliphatic hydroxyl groups excluding tert-OH is 1. The van der Waals surface area contributed by atoms with Gasteiger partial charge in [0.2, 0.25) is 0 Å². The predicted molar refractivity (Wildman–Crippen MR) is 110 cm³/mol. The van der Waals surface area contributed by atoms with Gasteiger partial charge in [-0.3, -0.25) is 4.98 Å². The fourth-order valence-electron chi connectivity index (χ4n) is 3.43. The standard InChI is InChI=1S/C24H25NO3/c1-2-3-8-23-22(19(16-26)13-14-25-23)15-17-9-11-18(12-10-17)20-6-4-5-7-21(20)24(27)28/h4-7,9-14,26H,2-3,8,15-16H2,1H3,(H,27,28). The molecule has 144 valence electrons. The number of hydrogen-bond acceptors (Lipinski definition) is 3. The number of aliphatic hydroxyl groups is 1. The highest BCUT2D eigenvalue weighted by Crippen LogP contribution is 2.26. The van der Waals surface area contributed by atoms with E-state index >= 15 is 0 Å². The van der Waals surface area contributed by atoms with Crippen LogP contribution in [-0.2, 0) is 19.4 Å². The Labute approximate surface area is 165 Å². The van der Waals surface area contributed by atoms with Crippen molar-refractivity contribution in [1.29, 1.82) is 0 Å². The van der Waals surface area contributed by atoms with Gasteiger partial charge in [0.05, 0.1) is 12.2 Å². The fraction of sp³-hybridized carbons (Fsp3) is 0.250. The maximum Gasteiger partial charge on any atom is 0.336 e. The molecule has 0 aliphatic carbocycles. The number of carboxylic acids is 1. The molecule has 0 aliphatic rings. The number of carbonyl (C=O) groups is 1. The third kappa shape index (κ3) is 4.46. The van der Waals surface area contributed by atoms with Crippen LogP contribution in [0.15, 0.2) is 60.8 Å². The van der Waals surface area contributed by atoms with Crippen molar-refractivity contribution in [2.75, 3.05) is 0 Å². The summed E-state index contributed by atoms with van der Waals surface area (Å²) in [7, 11) is 0. The molecule has 3 rings (SSSR count). The SMILES string of the molecule is CCCCc1nccc(CO)c1Cc1ccc(-c2ccccc2C(=O)O)cc1. The summed E-state index contributed by atoms with van der Waals surface area (Å²) in [6.07, 6.45) is 5.54. The highest BCUT2D eigenvalue weighted by Gasteiger charge is 2.12. The monoisotopic (exact) mass is 375 g/mol. The largest absolute Gasteiger partial charge is 0.478 e. The molecule has 3 aromatic rings. The second-order valence-electron chi connectivity index (χ2n) is 6.88. The Morgan fingerprint density at radius 1 is 1.04 bits per heavy atom. The summed E-state index contributed by atoms with van der Waals surface area (Å²) in [5, 5.41) is 19.1. The second-order valence-corrected chi connectivity index (χ2v) is 6.88. The second kappa shape index (κ2) is 9.29. The smallest absolute Gasteiger partial charge is 0.336 e. The number of pyridine rings is 1. The Morgan fingerprint density at radius 2 is 1.79 bits per heavy atom. The molecule has 0 atom stereocenters. The molecule has 28 heavy (non-hydrogen) atoms. The van der Waals surface area contributed by atoms with E-state index in [4.69, 9.17) is 0 Å². The van der Waals surface area contributed by atoms with Gasteiger partial charge in [-0.1, -0.05) is 55.8 Å². The summed E-state index contributed by atoms with van der Waals surface area (Å²) in [5.41, 5.74) is 6.06. The van der Waals surface area contributed by atoms with Crippen LogP contribution in [0.4, 0.5) is 0 Å². The van der Waals surface area contributed by atoms with Gasteiger partial charge in [0.25, 0.3) is 0 Å². The Bertz CT molecular complexity index is 948. The maximum atomic E-state index is 11.5. The minimum absolute atomic E-state index is 0.00104. The van der Waals surface area contributed by atoms with E-state index in [-0.39, 0.29) is 6.61 Å². The van der Waals surface area contributed by atoms with Gasteiger partial charge >= 0.3 is 5.97 Å². The molecule has 0 fully saturated rings. The molecule has 4 heteroatoms. The van der Waals surface area contributed by atoms with Gasteiger partial charge < -0.3 is 10.2 Å². The first-order valence-corrected chi connectivity index (χ1v) is 9.62. The Kier molecular flexibility index (Phi) is 6.56. The van der Waals surface area contributed by atoms with Crippen LogP contribution in [0.3, 0.4) is 0 Å². The van der Waals surface area contributed by atoms with Crippen molar-refractivity contribution in [3.8, 4) is 11.1 Å². The molecule has 0 amide bonds. The quantitative estimate of drug-likeness (QED) is 0.589. The van der Waals surface area contributed by atoms with E-state index in [1.54, 1.807) is 18.3 Å². The molecular weight excluding hydrogens is 350 g/mol. The predicted octanol–water partition coefficient (Wildman–Crippen LogP) is 4.87. The summed E-state index contributed by atoms with van der Waals surface area (Å²) in [4.78, 5) is 16.0. The van der Waals surface area contributed by atoms with Gasteiger partial charge in [0.1, 0.15) is 0 Å². The van der Waals surface area contributed by atoms with Gasteiger partial charge in [-0.2, -0.15) is 0 Å². The number of carboxylic acid groups (broad SMARTS) is 1. The average Bonchev–Trinajstić information content (AvgIpc) is 2.73. The average molecular weight is 375 g/mol. The number of nitrogens with zero attached hydrogens (tertiary/aromatic N) is 1. The first-order valence-electron chi connectivity index (χ1n) is 9.62. The molecular formula is C24H25NO3. The first kappa shape index (κ1) is 19.8. The van der Waals surface area contributed by atoms with E-state index in [2.05, 4.69) is 11.9 Å². The van der Waals surface area contributed by atoms with E-state index in [1.165, 1.54) is 0 Å². The molecule has 0 spiro atoms. The minimum Gasteiger partial charge on any atom is -0.478 e. The van der Waals surface area contributed by atoms with Crippen LogP contribution in [0, 0.1) is 0 Å². The Morgan fingerprint density at radius 3 is 2.46 bits per heavy atom. The lowest BCUT2D eigenvalue weighted by Gasteiger charge is -2.13. The number of benzene rings is 2. The lowest BCUT2D eigenvalue weighted by molar-refractivity contribution is 0.0697. The number of aromatic carboxylic acids is 1. The number of aromatic nitrogens is 1. The zero-order chi connectivity index (χ0) is 19.9. The van der Waals surface area contributed by atoms with Crippen LogP contribution in [0.2, 0.25) is 0 Å². The molecule has 0 bridgehead atoms. The Balaban J connectivity index is 1.89. The third-order valence-electron chi connectivity index (χ3n) is 4.98. The Hall–Kier alpha value is -2.98. The fourth-order valence-corrected chi connectivity index (χ4v) is 3.43. The third-order valence-corrected chi connectivity index (χ3v) is 4.98. The molecule has 0 saturated heterocycles. The highest BCUT2D eigenvalue weighted by atomic mass is 16.4. The summed E-state index contributed by atoms with van der Waals surface area (Å²) in [6, 6.07) is 16.9. The van der Waals surface area contributed by atoms with E-state index < -0.39 is 5.97 Å². The summed E-state index contributed by atoms with van der Waals surface area (Å²) in [5.74, 6) is -0.928. The number of rotatable bonds is 8. The summed E-state index contributed by atoms with van der Waals surface area (Å²) >= 11 is 0. The van der Waals surface area contributed by atoms with E-state index in [9.17, 15) is 15.0 Å². The van der Waals surface area contributed by atoms with Crippen molar-refractivity contribution < 1.29 is 15.0 Å². The highest BCUT2D eigenvalue weighted by molar-refractivity contribution is 5.95. The molecule has 2 N–H and O–H groups in total. The lowest BCUT2D eigenvalue weighted by atomic mass is 9.94. The van der Waals surface area contributed by atoms with Gasteiger partial charge in [-0.05, 0) is 59.2 Å². The molecule has 0 radical (unpaired) electrons. The van der Waals surface area contributed by atoms with Gasteiger partial charge in [0.15, 0.2) is 0 Å². The molecule has 2 aromatic carbocycles.